The topological polar surface area (TPSA) is 50.4 Å². The molecule has 2 N–H and O–H groups in total. The third kappa shape index (κ3) is 4.97. The van der Waals surface area contributed by atoms with Crippen molar-refractivity contribution >= 4 is 23.3 Å². The normalized spacial score (nSPS) is 11.6. The molecule has 1 unspecified atom stereocenters. The number of hydrogen-bond donors (Lipinski definition) is 2. The van der Waals surface area contributed by atoms with Crippen molar-refractivity contribution < 1.29 is 9.53 Å². The minimum absolute atomic E-state index is 0.126. The van der Waals surface area contributed by atoms with Gasteiger partial charge in [-0.25, -0.2) is 4.79 Å². The van der Waals surface area contributed by atoms with Gasteiger partial charge in [-0.2, -0.15) is 0 Å². The fourth-order valence-electron chi connectivity index (χ4n) is 1.93. The summed E-state index contributed by atoms with van der Waals surface area (Å²) in [5.74, 6) is 0.825. The number of rotatable bonds is 5. The zero-order valence-corrected chi connectivity index (χ0v) is 13.4. The van der Waals surface area contributed by atoms with Gasteiger partial charge >= 0.3 is 6.03 Å². The number of anilines is 1. The maximum atomic E-state index is 11.9. The lowest BCUT2D eigenvalue weighted by atomic mass is 10.2. The van der Waals surface area contributed by atoms with Crippen molar-refractivity contribution in [3.8, 4) is 5.75 Å². The Kier molecular flexibility index (Phi) is 5.67. The minimum atomic E-state index is -0.289. The number of para-hydroxylation sites is 1. The van der Waals surface area contributed by atoms with E-state index in [2.05, 4.69) is 10.6 Å². The molecule has 0 bridgehead atoms. The number of halogens is 1. The van der Waals surface area contributed by atoms with Gasteiger partial charge in [0.15, 0.2) is 0 Å². The van der Waals surface area contributed by atoms with E-state index >= 15 is 0 Å². The number of amides is 2. The molecule has 0 aromatic heterocycles. The smallest absolute Gasteiger partial charge is 0.319 e. The largest absolute Gasteiger partial charge is 0.491 e. The molecule has 1 atom stereocenters. The van der Waals surface area contributed by atoms with Crippen LogP contribution in [0.2, 0.25) is 5.02 Å². The van der Waals surface area contributed by atoms with E-state index in [0.29, 0.717) is 17.3 Å². The molecule has 2 amide bonds. The van der Waals surface area contributed by atoms with Crippen LogP contribution in [-0.2, 0) is 0 Å². The lowest BCUT2D eigenvalue weighted by Crippen LogP contribution is -2.39. The second kappa shape index (κ2) is 7.71. The highest BCUT2D eigenvalue weighted by atomic mass is 35.5. The Balaban J connectivity index is 1.80. The first kappa shape index (κ1) is 16.2. The summed E-state index contributed by atoms with van der Waals surface area (Å²) < 4.78 is 5.71. The van der Waals surface area contributed by atoms with E-state index in [9.17, 15) is 4.79 Å². The highest BCUT2D eigenvalue weighted by molar-refractivity contribution is 6.30. The molecule has 0 radical (unpaired) electrons. The maximum Gasteiger partial charge on any atom is 0.319 e. The Labute approximate surface area is 135 Å². The van der Waals surface area contributed by atoms with Crippen molar-refractivity contribution in [3.05, 3.63) is 59.1 Å². The van der Waals surface area contributed by atoms with Gasteiger partial charge in [-0.05, 0) is 43.7 Å². The third-order valence-corrected chi connectivity index (χ3v) is 3.28. The molecule has 0 fully saturated rings. The SMILES string of the molecule is Cc1ccccc1OCC(C)NC(=O)Nc1cccc(Cl)c1. The van der Waals surface area contributed by atoms with E-state index in [0.717, 1.165) is 11.3 Å². The fourth-order valence-corrected chi connectivity index (χ4v) is 2.12. The van der Waals surface area contributed by atoms with Crippen LogP contribution in [0.5, 0.6) is 5.75 Å². The van der Waals surface area contributed by atoms with Crippen LogP contribution in [0.3, 0.4) is 0 Å². The number of aryl methyl sites for hydroxylation is 1. The van der Waals surface area contributed by atoms with E-state index in [1.807, 2.05) is 38.1 Å². The van der Waals surface area contributed by atoms with Crippen LogP contribution in [0.15, 0.2) is 48.5 Å². The van der Waals surface area contributed by atoms with Gasteiger partial charge in [-0.3, -0.25) is 0 Å². The molecule has 2 rings (SSSR count). The van der Waals surface area contributed by atoms with Crippen LogP contribution in [0.4, 0.5) is 10.5 Å². The first-order valence-electron chi connectivity index (χ1n) is 7.06. The first-order chi connectivity index (χ1) is 10.5. The van der Waals surface area contributed by atoms with Gasteiger partial charge in [0, 0.05) is 10.7 Å². The van der Waals surface area contributed by atoms with Crippen molar-refractivity contribution in [2.75, 3.05) is 11.9 Å². The Bertz CT molecular complexity index is 646. The Morgan fingerprint density at radius 2 is 2.00 bits per heavy atom. The lowest BCUT2D eigenvalue weighted by molar-refractivity contribution is 0.236. The van der Waals surface area contributed by atoms with Crippen LogP contribution in [0.25, 0.3) is 0 Å². The van der Waals surface area contributed by atoms with Crippen LogP contribution in [0, 0.1) is 6.92 Å². The van der Waals surface area contributed by atoms with E-state index < -0.39 is 0 Å². The summed E-state index contributed by atoms with van der Waals surface area (Å²) in [5.41, 5.74) is 1.72. The van der Waals surface area contributed by atoms with Gasteiger partial charge < -0.3 is 15.4 Å². The standard InChI is InChI=1S/C17H19ClN2O2/c1-12-6-3-4-9-16(12)22-11-13(2)19-17(21)20-15-8-5-7-14(18)10-15/h3-10,13H,11H2,1-2H3,(H2,19,20,21). The molecule has 116 valence electrons. The van der Waals surface area contributed by atoms with Gasteiger partial charge in [-0.1, -0.05) is 35.9 Å². The molecule has 2 aromatic carbocycles. The molecule has 22 heavy (non-hydrogen) atoms. The molecule has 4 nitrogen and oxygen atoms in total. The zero-order chi connectivity index (χ0) is 15.9. The van der Waals surface area contributed by atoms with Crippen LogP contribution < -0.4 is 15.4 Å². The Morgan fingerprint density at radius 1 is 1.23 bits per heavy atom. The molecular weight excluding hydrogens is 300 g/mol. The van der Waals surface area contributed by atoms with Gasteiger partial charge in [0.05, 0.1) is 6.04 Å². The van der Waals surface area contributed by atoms with Gasteiger partial charge in [0.2, 0.25) is 0 Å². The highest BCUT2D eigenvalue weighted by Gasteiger charge is 2.09. The van der Waals surface area contributed by atoms with Gasteiger partial charge in [0.1, 0.15) is 12.4 Å². The molecule has 0 saturated heterocycles. The summed E-state index contributed by atoms with van der Waals surface area (Å²) in [6, 6.07) is 14.4. The van der Waals surface area contributed by atoms with E-state index in [4.69, 9.17) is 16.3 Å². The molecule has 0 spiro atoms. The zero-order valence-electron chi connectivity index (χ0n) is 12.6. The number of ether oxygens (including phenoxy) is 1. The minimum Gasteiger partial charge on any atom is -0.491 e. The number of hydrogen-bond acceptors (Lipinski definition) is 2. The fraction of sp³-hybridized carbons (Fsp3) is 0.235. The number of carbonyl (C=O) groups is 1. The van der Waals surface area contributed by atoms with Gasteiger partial charge in [0.25, 0.3) is 0 Å². The van der Waals surface area contributed by atoms with Crippen molar-refractivity contribution in [1.82, 2.24) is 5.32 Å². The molecule has 0 heterocycles. The van der Waals surface area contributed by atoms with Crippen molar-refractivity contribution in [2.45, 2.75) is 19.9 Å². The second-order valence-electron chi connectivity index (χ2n) is 5.09. The average molecular weight is 319 g/mol. The predicted molar refractivity (Wildman–Crippen MR) is 89.7 cm³/mol. The van der Waals surface area contributed by atoms with Crippen molar-refractivity contribution in [3.63, 3.8) is 0 Å². The third-order valence-electron chi connectivity index (χ3n) is 3.04. The quantitative estimate of drug-likeness (QED) is 0.866. The summed E-state index contributed by atoms with van der Waals surface area (Å²) in [6.45, 7) is 4.27. The molecule has 0 aliphatic rings. The van der Waals surface area contributed by atoms with Crippen LogP contribution in [-0.4, -0.2) is 18.7 Å². The molecule has 0 aliphatic carbocycles. The molecule has 0 aliphatic heterocycles. The molecule has 0 saturated carbocycles. The first-order valence-corrected chi connectivity index (χ1v) is 7.44. The number of urea groups is 1. The van der Waals surface area contributed by atoms with Gasteiger partial charge in [-0.15, -0.1) is 0 Å². The summed E-state index contributed by atoms with van der Waals surface area (Å²) in [7, 11) is 0. The van der Waals surface area contributed by atoms with E-state index in [1.165, 1.54) is 0 Å². The Morgan fingerprint density at radius 3 is 2.73 bits per heavy atom. The lowest BCUT2D eigenvalue weighted by Gasteiger charge is -2.16. The summed E-state index contributed by atoms with van der Waals surface area (Å²) >= 11 is 5.87. The van der Waals surface area contributed by atoms with Crippen LogP contribution in [0.1, 0.15) is 12.5 Å². The van der Waals surface area contributed by atoms with E-state index in [1.54, 1.807) is 24.3 Å². The number of benzene rings is 2. The Hall–Kier alpha value is -2.20. The van der Waals surface area contributed by atoms with Crippen molar-refractivity contribution in [1.29, 1.82) is 0 Å². The predicted octanol–water partition coefficient (Wildman–Crippen LogP) is 4.24. The number of carbonyl (C=O) groups excluding carboxylic acids is 1. The van der Waals surface area contributed by atoms with Crippen molar-refractivity contribution in [2.24, 2.45) is 0 Å². The summed E-state index contributed by atoms with van der Waals surface area (Å²) in [4.78, 5) is 11.9. The summed E-state index contributed by atoms with van der Waals surface area (Å²) in [5, 5.41) is 6.13. The second-order valence-corrected chi connectivity index (χ2v) is 5.52. The monoisotopic (exact) mass is 318 g/mol. The maximum absolute atomic E-state index is 11.9. The van der Waals surface area contributed by atoms with Crippen LogP contribution >= 0.6 is 11.6 Å². The highest BCUT2D eigenvalue weighted by Crippen LogP contribution is 2.16. The number of nitrogens with one attached hydrogen (secondary N) is 2. The molecular formula is C17H19ClN2O2. The molecule has 5 heteroatoms. The summed E-state index contributed by atoms with van der Waals surface area (Å²) in [6.07, 6.45) is 0. The molecule has 2 aromatic rings. The van der Waals surface area contributed by atoms with E-state index in [-0.39, 0.29) is 12.1 Å². The average Bonchev–Trinajstić information content (AvgIpc) is 2.46.